The maximum Gasteiger partial charge on any atom is 0.245 e. The summed E-state index contributed by atoms with van der Waals surface area (Å²) in [6, 6.07) is 5.55. The average molecular weight is 326 g/mol. The van der Waals surface area contributed by atoms with E-state index < -0.39 is 10.0 Å². The molecule has 1 saturated heterocycles. The Hall–Kier alpha value is -1.09. The minimum absolute atomic E-state index is 0.274. The van der Waals surface area contributed by atoms with E-state index in [1.807, 2.05) is 0 Å². The van der Waals surface area contributed by atoms with Gasteiger partial charge in [0.15, 0.2) is 0 Å². The second-order valence-electron chi connectivity index (χ2n) is 5.12. The Labute approximate surface area is 128 Å². The molecule has 2 aromatic rings. The first-order valence-corrected chi connectivity index (χ1v) is 9.25. The molecule has 1 aromatic heterocycles. The molecule has 0 unspecified atom stereocenters. The van der Waals surface area contributed by atoms with E-state index in [2.05, 4.69) is 21.0 Å². The van der Waals surface area contributed by atoms with Gasteiger partial charge in [-0.15, -0.1) is 0 Å². The second-order valence-corrected chi connectivity index (χ2v) is 7.56. The zero-order valence-electron chi connectivity index (χ0n) is 11.8. The van der Waals surface area contributed by atoms with E-state index in [1.54, 1.807) is 22.5 Å². The van der Waals surface area contributed by atoms with Crippen molar-refractivity contribution in [3.05, 3.63) is 18.2 Å². The van der Waals surface area contributed by atoms with Gasteiger partial charge in [-0.3, -0.25) is 0 Å². The summed E-state index contributed by atoms with van der Waals surface area (Å²) in [5.41, 5.74) is 1.12. The fourth-order valence-corrected chi connectivity index (χ4v) is 4.94. The van der Waals surface area contributed by atoms with E-state index >= 15 is 0 Å². The molecule has 0 bridgehead atoms. The van der Waals surface area contributed by atoms with Crippen molar-refractivity contribution in [2.45, 2.75) is 30.7 Å². The van der Waals surface area contributed by atoms with Gasteiger partial charge in [0.05, 0.1) is 11.7 Å². The van der Waals surface area contributed by atoms with Crippen LogP contribution in [-0.4, -0.2) is 47.1 Å². The molecular formula is C13H18N4O2S2. The first-order valence-electron chi connectivity index (χ1n) is 7.07. The lowest BCUT2D eigenvalue weighted by molar-refractivity contribution is 0.292. The van der Waals surface area contributed by atoms with Gasteiger partial charge in [-0.25, -0.2) is 8.42 Å². The molecule has 1 aromatic carbocycles. The summed E-state index contributed by atoms with van der Waals surface area (Å²) in [5.74, 6) is 0. The third kappa shape index (κ3) is 2.80. The van der Waals surface area contributed by atoms with Gasteiger partial charge in [0.1, 0.15) is 15.9 Å². The van der Waals surface area contributed by atoms with Crippen LogP contribution in [0.2, 0.25) is 0 Å². The molecule has 1 aliphatic rings. The van der Waals surface area contributed by atoms with E-state index in [0.717, 1.165) is 31.1 Å². The number of hydrogen-bond acceptors (Lipinski definition) is 6. The van der Waals surface area contributed by atoms with E-state index in [-0.39, 0.29) is 4.90 Å². The molecule has 0 aliphatic carbocycles. The fourth-order valence-electron chi connectivity index (χ4n) is 2.72. The third-order valence-electron chi connectivity index (χ3n) is 3.81. The first kappa shape index (κ1) is 14.8. The van der Waals surface area contributed by atoms with Crippen LogP contribution in [0.1, 0.15) is 19.8 Å². The SMILES string of the molecule is CCNC1CCN(S(=O)(=O)c2cccc3nsnc23)CC1. The summed E-state index contributed by atoms with van der Waals surface area (Å²) in [6.07, 6.45) is 1.69. The Kier molecular flexibility index (Phi) is 4.21. The predicted octanol–water partition coefficient (Wildman–Crippen LogP) is 1.45. The Morgan fingerprint density at radius 3 is 2.81 bits per heavy atom. The van der Waals surface area contributed by atoms with Crippen molar-refractivity contribution in [2.75, 3.05) is 19.6 Å². The highest BCUT2D eigenvalue weighted by molar-refractivity contribution is 7.89. The summed E-state index contributed by atoms with van der Waals surface area (Å²) in [4.78, 5) is 0.274. The van der Waals surface area contributed by atoms with Crippen LogP contribution in [0.25, 0.3) is 11.0 Å². The van der Waals surface area contributed by atoms with Gasteiger partial charge in [0.2, 0.25) is 10.0 Å². The standard InChI is InChI=1S/C13H18N4O2S2/c1-2-14-10-6-8-17(9-7-10)21(18,19)12-5-3-4-11-13(12)16-20-15-11/h3-5,10,14H,2,6-9H2,1H3. The molecule has 0 atom stereocenters. The summed E-state index contributed by atoms with van der Waals surface area (Å²) < 4.78 is 35.4. The molecule has 0 amide bonds. The lowest BCUT2D eigenvalue weighted by Crippen LogP contribution is -2.44. The normalized spacial score (nSPS) is 18.3. The van der Waals surface area contributed by atoms with Crippen molar-refractivity contribution < 1.29 is 8.42 Å². The minimum Gasteiger partial charge on any atom is -0.314 e. The number of sulfonamides is 1. The van der Waals surface area contributed by atoms with Crippen LogP contribution in [0.15, 0.2) is 23.1 Å². The number of nitrogens with zero attached hydrogens (tertiary/aromatic N) is 3. The van der Waals surface area contributed by atoms with E-state index in [1.165, 1.54) is 0 Å². The van der Waals surface area contributed by atoms with Gasteiger partial charge in [-0.1, -0.05) is 13.0 Å². The number of benzene rings is 1. The molecule has 8 heteroatoms. The largest absolute Gasteiger partial charge is 0.314 e. The summed E-state index contributed by atoms with van der Waals surface area (Å²) >= 11 is 1.04. The molecule has 0 radical (unpaired) electrons. The lowest BCUT2D eigenvalue weighted by Gasteiger charge is -2.31. The first-order chi connectivity index (χ1) is 10.1. The Bertz CT molecular complexity index is 721. The highest BCUT2D eigenvalue weighted by Gasteiger charge is 2.30. The van der Waals surface area contributed by atoms with Crippen molar-refractivity contribution >= 4 is 32.8 Å². The van der Waals surface area contributed by atoms with Crippen molar-refractivity contribution in [3.63, 3.8) is 0 Å². The number of fused-ring (bicyclic) bond motifs is 1. The molecule has 1 N–H and O–H groups in total. The summed E-state index contributed by atoms with van der Waals surface area (Å²) in [7, 11) is -3.49. The minimum atomic E-state index is -3.49. The maximum absolute atomic E-state index is 12.8. The molecule has 21 heavy (non-hydrogen) atoms. The van der Waals surface area contributed by atoms with Gasteiger partial charge in [0.25, 0.3) is 0 Å². The molecular weight excluding hydrogens is 308 g/mol. The topological polar surface area (TPSA) is 75.2 Å². The highest BCUT2D eigenvalue weighted by atomic mass is 32.2. The van der Waals surface area contributed by atoms with E-state index in [9.17, 15) is 8.42 Å². The van der Waals surface area contributed by atoms with Crippen LogP contribution < -0.4 is 5.32 Å². The predicted molar refractivity (Wildman–Crippen MR) is 82.9 cm³/mol. The lowest BCUT2D eigenvalue weighted by atomic mass is 10.1. The van der Waals surface area contributed by atoms with Gasteiger partial charge < -0.3 is 5.32 Å². The highest BCUT2D eigenvalue weighted by Crippen LogP contribution is 2.26. The van der Waals surface area contributed by atoms with Crippen LogP contribution in [0.3, 0.4) is 0 Å². The van der Waals surface area contributed by atoms with Gasteiger partial charge >= 0.3 is 0 Å². The average Bonchev–Trinajstić information content (AvgIpc) is 2.96. The Balaban J connectivity index is 1.86. The monoisotopic (exact) mass is 326 g/mol. The second kappa shape index (κ2) is 5.96. The molecule has 1 aliphatic heterocycles. The van der Waals surface area contributed by atoms with Crippen LogP contribution in [-0.2, 0) is 10.0 Å². The molecule has 114 valence electrons. The van der Waals surface area contributed by atoms with Crippen LogP contribution in [0.5, 0.6) is 0 Å². The zero-order chi connectivity index (χ0) is 14.9. The summed E-state index contributed by atoms with van der Waals surface area (Å²) in [5, 5.41) is 3.38. The zero-order valence-corrected chi connectivity index (χ0v) is 13.5. The summed E-state index contributed by atoms with van der Waals surface area (Å²) in [6.45, 7) is 4.09. The fraction of sp³-hybridized carbons (Fsp3) is 0.538. The molecule has 2 heterocycles. The van der Waals surface area contributed by atoms with Gasteiger partial charge in [0, 0.05) is 19.1 Å². The number of rotatable bonds is 4. The van der Waals surface area contributed by atoms with Crippen molar-refractivity contribution in [1.82, 2.24) is 18.4 Å². The number of piperidine rings is 1. The number of aromatic nitrogens is 2. The van der Waals surface area contributed by atoms with Gasteiger partial charge in [-0.2, -0.15) is 13.1 Å². The van der Waals surface area contributed by atoms with E-state index in [4.69, 9.17) is 0 Å². The Morgan fingerprint density at radius 2 is 2.10 bits per heavy atom. The number of nitrogens with one attached hydrogen (secondary N) is 1. The van der Waals surface area contributed by atoms with Crippen molar-refractivity contribution in [3.8, 4) is 0 Å². The number of hydrogen-bond donors (Lipinski definition) is 1. The maximum atomic E-state index is 12.8. The van der Waals surface area contributed by atoms with Crippen molar-refractivity contribution in [1.29, 1.82) is 0 Å². The van der Waals surface area contributed by atoms with Crippen LogP contribution >= 0.6 is 11.7 Å². The van der Waals surface area contributed by atoms with Crippen molar-refractivity contribution in [2.24, 2.45) is 0 Å². The van der Waals surface area contributed by atoms with Crippen LogP contribution in [0, 0.1) is 0 Å². The molecule has 1 fully saturated rings. The molecule has 3 rings (SSSR count). The quantitative estimate of drug-likeness (QED) is 0.920. The van der Waals surface area contributed by atoms with Crippen LogP contribution in [0.4, 0.5) is 0 Å². The van der Waals surface area contributed by atoms with E-state index in [0.29, 0.717) is 30.2 Å². The molecule has 0 saturated carbocycles. The molecule has 6 nitrogen and oxygen atoms in total. The smallest absolute Gasteiger partial charge is 0.245 e. The van der Waals surface area contributed by atoms with Gasteiger partial charge in [-0.05, 0) is 31.5 Å². The third-order valence-corrected chi connectivity index (χ3v) is 6.29. The molecule has 0 spiro atoms. The Morgan fingerprint density at radius 1 is 1.33 bits per heavy atom.